The van der Waals surface area contributed by atoms with Gasteiger partial charge in [-0.25, -0.2) is 4.28 Å². The van der Waals surface area contributed by atoms with Crippen LogP contribution in [0.5, 0.6) is 17.2 Å². The smallest absolute Gasteiger partial charge is 0.270 e. The van der Waals surface area contributed by atoms with E-state index in [1.807, 2.05) is 63.2 Å². The van der Waals surface area contributed by atoms with Crippen molar-refractivity contribution < 1.29 is 23.8 Å². The number of aryl methyl sites for hydroxylation is 1. The Bertz CT molecular complexity index is 2140. The van der Waals surface area contributed by atoms with Crippen LogP contribution in [0.15, 0.2) is 108 Å². The lowest BCUT2D eigenvalue weighted by atomic mass is 10.0. The maximum absolute atomic E-state index is 13.5. The molecule has 0 atom stereocenters. The molecule has 0 saturated heterocycles. The number of anilines is 1. The monoisotopic (exact) mass is 677 g/mol. The molecule has 0 unspecified atom stereocenters. The summed E-state index contributed by atoms with van der Waals surface area (Å²) in [7, 11) is 0. The topological polar surface area (TPSA) is 158 Å². The van der Waals surface area contributed by atoms with Crippen LogP contribution in [0, 0.1) is 17.0 Å². The Kier molecular flexibility index (Phi) is 9.80. The van der Waals surface area contributed by atoms with Gasteiger partial charge >= 0.3 is 0 Å². The molecule has 1 aromatic heterocycles. The summed E-state index contributed by atoms with van der Waals surface area (Å²) in [5, 5.41) is 40.7. The van der Waals surface area contributed by atoms with E-state index in [4.69, 9.17) is 9.02 Å². The number of hydrogen-bond acceptors (Lipinski definition) is 11. The second-order valence-corrected chi connectivity index (χ2v) is 12.0. The molecule has 0 bridgehead atoms. The average Bonchev–Trinajstić information content (AvgIpc) is 3.58. The Morgan fingerprint density at radius 1 is 0.980 bits per heavy atom. The first kappa shape index (κ1) is 33.1. The number of carbonyl (C=O) groups excluding carboxylic acids is 1. The van der Waals surface area contributed by atoms with Gasteiger partial charge in [-0.3, -0.25) is 14.9 Å². The van der Waals surface area contributed by atoms with Crippen molar-refractivity contribution in [1.29, 1.82) is 0 Å². The van der Waals surface area contributed by atoms with Crippen LogP contribution < -0.4 is 10.1 Å². The maximum atomic E-state index is 13.5. The van der Waals surface area contributed by atoms with E-state index in [2.05, 4.69) is 20.8 Å². The number of rotatable bonds is 12. The first-order chi connectivity index (χ1) is 23.7. The summed E-state index contributed by atoms with van der Waals surface area (Å²) in [5.74, 6) is -0.167. The number of fused-ring (bicyclic) bond motifs is 1. The number of para-hydroxylation sites is 2. The zero-order chi connectivity index (χ0) is 34.5. The number of hydroxylamine groups is 2. The van der Waals surface area contributed by atoms with E-state index in [1.165, 1.54) is 28.9 Å². The van der Waals surface area contributed by atoms with E-state index in [9.17, 15) is 20.0 Å². The van der Waals surface area contributed by atoms with Gasteiger partial charge in [-0.15, -0.1) is 0 Å². The van der Waals surface area contributed by atoms with Gasteiger partial charge in [0.15, 0.2) is 0 Å². The quantitative estimate of drug-likeness (QED) is 0.0745. The molecule has 1 amide bonds. The number of amides is 1. The first-order valence-electron chi connectivity index (χ1n) is 15.2. The van der Waals surface area contributed by atoms with Crippen LogP contribution >= 0.6 is 12.0 Å². The molecule has 0 spiro atoms. The number of non-ortho nitro benzene ring substituents is 1. The van der Waals surface area contributed by atoms with Gasteiger partial charge in [0.1, 0.15) is 17.2 Å². The molecule has 0 aliphatic rings. The number of phenols is 1. The van der Waals surface area contributed by atoms with Gasteiger partial charge in [0.05, 0.1) is 34.8 Å². The molecule has 248 valence electrons. The molecule has 6 aromatic rings. The Labute approximate surface area is 285 Å². The Morgan fingerprint density at radius 2 is 1.69 bits per heavy atom. The second kappa shape index (κ2) is 14.5. The molecule has 5 aromatic carbocycles. The third-order valence-electron chi connectivity index (χ3n) is 7.64. The molecular weight excluding hydrogens is 646 g/mol. The Balaban J connectivity index is 1.32. The largest absolute Gasteiger partial charge is 0.506 e. The number of phenolic OH excluding ortho intramolecular Hbond substituents is 1. The highest BCUT2D eigenvalue weighted by molar-refractivity contribution is 7.94. The lowest BCUT2D eigenvalue weighted by Gasteiger charge is -2.25. The highest BCUT2D eigenvalue weighted by Gasteiger charge is 2.23. The molecule has 0 aliphatic carbocycles. The first-order valence-corrected chi connectivity index (χ1v) is 16.0. The lowest BCUT2D eigenvalue weighted by Crippen LogP contribution is -2.28. The van der Waals surface area contributed by atoms with Gasteiger partial charge in [0, 0.05) is 40.2 Å². The van der Waals surface area contributed by atoms with Crippen molar-refractivity contribution in [3.05, 3.63) is 130 Å². The molecule has 49 heavy (non-hydrogen) atoms. The number of nitrogens with zero attached hydrogens (tertiary/aromatic N) is 6. The van der Waals surface area contributed by atoms with E-state index in [0.29, 0.717) is 32.9 Å². The van der Waals surface area contributed by atoms with Gasteiger partial charge in [0.2, 0.25) is 5.16 Å². The van der Waals surface area contributed by atoms with Gasteiger partial charge in [-0.05, 0) is 67.1 Å². The number of nitrogens with one attached hydrogen (secondary N) is 1. The van der Waals surface area contributed by atoms with Crippen molar-refractivity contribution in [2.45, 2.75) is 38.5 Å². The van der Waals surface area contributed by atoms with Crippen molar-refractivity contribution in [1.82, 2.24) is 25.3 Å². The molecular formula is C35H31N7O6S. The highest BCUT2D eigenvalue weighted by Crippen LogP contribution is 2.40. The average molecular weight is 678 g/mol. The van der Waals surface area contributed by atoms with Crippen molar-refractivity contribution in [3.8, 4) is 22.9 Å². The fourth-order valence-electron chi connectivity index (χ4n) is 5.01. The van der Waals surface area contributed by atoms with Crippen LogP contribution in [0.2, 0.25) is 0 Å². The van der Waals surface area contributed by atoms with E-state index in [1.54, 1.807) is 41.5 Å². The van der Waals surface area contributed by atoms with Gasteiger partial charge in [-0.2, -0.15) is 9.75 Å². The summed E-state index contributed by atoms with van der Waals surface area (Å²) >= 11 is 0.941. The number of tetrazole rings is 1. The van der Waals surface area contributed by atoms with Crippen molar-refractivity contribution >= 4 is 40.1 Å². The molecule has 0 saturated carbocycles. The zero-order valence-corrected chi connectivity index (χ0v) is 27.5. The molecule has 2 N–H and O–H groups in total. The lowest BCUT2D eigenvalue weighted by molar-refractivity contribution is -0.385. The predicted octanol–water partition coefficient (Wildman–Crippen LogP) is 7.63. The number of aromatic nitrogens is 4. The van der Waals surface area contributed by atoms with E-state index < -0.39 is 10.8 Å². The summed E-state index contributed by atoms with van der Waals surface area (Å²) in [5.41, 5.74) is 2.51. The molecule has 13 nitrogen and oxygen atoms in total. The van der Waals surface area contributed by atoms with Crippen molar-refractivity contribution in [2.75, 3.05) is 5.32 Å². The summed E-state index contributed by atoms with van der Waals surface area (Å²) in [6, 6.07) is 29.2. The number of nitro benzene ring substituents is 1. The number of benzene rings is 5. The Hall–Kier alpha value is -5.83. The van der Waals surface area contributed by atoms with Gasteiger partial charge in [-0.1, -0.05) is 65.8 Å². The van der Waals surface area contributed by atoms with Crippen LogP contribution in [-0.4, -0.2) is 47.2 Å². The normalized spacial score (nSPS) is 11.3. The van der Waals surface area contributed by atoms with Crippen LogP contribution in [-0.2, 0) is 10.8 Å². The number of carbonyl (C=O) groups is 1. The highest BCUT2D eigenvalue weighted by atomic mass is 32.2. The van der Waals surface area contributed by atoms with Crippen LogP contribution in [0.1, 0.15) is 35.3 Å². The van der Waals surface area contributed by atoms with Crippen LogP contribution in [0.3, 0.4) is 0 Å². The SMILES string of the molecule is Cc1ccccc1NC(=O)c1cc(Oc2ccc([N+](=O)[O-])cc2CN(OSc2nnnn2-c2ccccc2)C(C)C)c2ccccc2c1O. The molecule has 0 fully saturated rings. The summed E-state index contributed by atoms with van der Waals surface area (Å²) in [4.78, 5) is 24.8. The summed E-state index contributed by atoms with van der Waals surface area (Å²) in [6.07, 6.45) is 0. The van der Waals surface area contributed by atoms with Crippen LogP contribution in [0.4, 0.5) is 11.4 Å². The zero-order valence-electron chi connectivity index (χ0n) is 26.7. The minimum atomic E-state index is -0.527. The number of hydrogen-bond donors (Lipinski definition) is 2. The molecule has 1 heterocycles. The standard InChI is InChI=1S/C35H31N7O6S/c1-22(2)40(48-49-35-37-38-39-41(35)25-12-5-4-6-13-25)21-24-19-26(42(45)46)17-18-31(24)47-32-20-29(33(43)28-15-9-8-14-27(28)32)34(44)36-30-16-10-7-11-23(30)3/h4-20,22,43H,21H2,1-3H3,(H,36,44). The van der Waals surface area contributed by atoms with Gasteiger partial charge in [0.25, 0.3) is 11.6 Å². The van der Waals surface area contributed by atoms with E-state index >= 15 is 0 Å². The third-order valence-corrected chi connectivity index (χ3v) is 8.31. The van der Waals surface area contributed by atoms with E-state index in [0.717, 1.165) is 23.3 Å². The minimum Gasteiger partial charge on any atom is -0.506 e. The summed E-state index contributed by atoms with van der Waals surface area (Å²) in [6.45, 7) is 5.76. The molecule has 0 aliphatic heterocycles. The van der Waals surface area contributed by atoms with E-state index in [-0.39, 0.29) is 35.3 Å². The number of ether oxygens (including phenoxy) is 1. The fraction of sp³-hybridized carbons (Fsp3) is 0.143. The molecule has 6 rings (SSSR count). The number of aromatic hydroxyl groups is 1. The second-order valence-electron chi connectivity index (χ2n) is 11.3. The fourth-order valence-corrected chi connectivity index (χ4v) is 5.68. The van der Waals surface area contributed by atoms with Gasteiger partial charge < -0.3 is 15.2 Å². The maximum Gasteiger partial charge on any atom is 0.270 e. The van der Waals surface area contributed by atoms with Crippen molar-refractivity contribution in [2.24, 2.45) is 0 Å². The number of nitro groups is 1. The molecule has 14 heteroatoms. The Morgan fingerprint density at radius 3 is 2.43 bits per heavy atom. The summed E-state index contributed by atoms with van der Waals surface area (Å²) < 4.78 is 14.1. The predicted molar refractivity (Wildman–Crippen MR) is 185 cm³/mol. The third kappa shape index (κ3) is 7.36. The molecule has 0 radical (unpaired) electrons. The van der Waals surface area contributed by atoms with Crippen LogP contribution in [0.25, 0.3) is 16.5 Å². The minimum absolute atomic E-state index is 0.0000852. The van der Waals surface area contributed by atoms with Crippen molar-refractivity contribution in [3.63, 3.8) is 0 Å².